The van der Waals surface area contributed by atoms with Gasteiger partial charge in [0.2, 0.25) is 5.91 Å². The van der Waals surface area contributed by atoms with Gasteiger partial charge in [0.15, 0.2) is 11.5 Å². The highest BCUT2D eigenvalue weighted by molar-refractivity contribution is 5.84. The minimum absolute atomic E-state index is 0.0105. The van der Waals surface area contributed by atoms with Crippen molar-refractivity contribution in [2.45, 2.75) is 12.8 Å². The van der Waals surface area contributed by atoms with E-state index in [2.05, 4.69) is 30.2 Å². The van der Waals surface area contributed by atoms with Gasteiger partial charge in [-0.25, -0.2) is 15.0 Å². The number of piperidine rings is 1. The molecular weight excluding hydrogens is 272 g/mol. The van der Waals surface area contributed by atoms with Crippen LogP contribution in [0.15, 0.2) is 12.7 Å². The number of aromatic amines is 1. The first-order valence-electron chi connectivity index (χ1n) is 7.07. The van der Waals surface area contributed by atoms with Crippen LogP contribution in [-0.2, 0) is 4.79 Å². The molecule has 2 aromatic rings. The van der Waals surface area contributed by atoms with Crippen LogP contribution in [-0.4, -0.2) is 57.2 Å². The molecule has 3 N–H and O–H groups in total. The van der Waals surface area contributed by atoms with E-state index in [1.54, 1.807) is 6.33 Å². The lowest BCUT2D eigenvalue weighted by Gasteiger charge is -2.32. The first kappa shape index (κ1) is 13.7. The number of carbonyl (C=O) groups is 1. The molecule has 2 aromatic heterocycles. The number of fused-ring (bicyclic) bond motifs is 1. The zero-order chi connectivity index (χ0) is 14.7. The standard InChI is InChI=1S/C13H18N6O2/c20-5-3-14-13(21)9-2-1-4-19(6-9)12-10-11(16-7-15-10)17-8-18-12/h7-9,20H,1-6H2,(H,14,21)(H,15,16,17,18)/t9-/m0/s1. The van der Waals surface area contributed by atoms with E-state index < -0.39 is 0 Å². The molecule has 1 fully saturated rings. The van der Waals surface area contributed by atoms with Crippen LogP contribution in [0.1, 0.15) is 12.8 Å². The molecule has 21 heavy (non-hydrogen) atoms. The van der Waals surface area contributed by atoms with Gasteiger partial charge in [-0.05, 0) is 12.8 Å². The highest BCUT2D eigenvalue weighted by atomic mass is 16.3. The number of aliphatic hydroxyl groups excluding tert-OH is 1. The Morgan fingerprint density at radius 2 is 2.38 bits per heavy atom. The summed E-state index contributed by atoms with van der Waals surface area (Å²) in [5.41, 5.74) is 1.43. The summed E-state index contributed by atoms with van der Waals surface area (Å²) in [7, 11) is 0. The van der Waals surface area contributed by atoms with Crippen molar-refractivity contribution < 1.29 is 9.90 Å². The van der Waals surface area contributed by atoms with Crippen molar-refractivity contribution in [2.24, 2.45) is 5.92 Å². The minimum Gasteiger partial charge on any atom is -0.395 e. The average Bonchev–Trinajstić information content (AvgIpc) is 3.01. The predicted molar refractivity (Wildman–Crippen MR) is 76.7 cm³/mol. The molecular formula is C13H18N6O2. The van der Waals surface area contributed by atoms with Gasteiger partial charge in [0.1, 0.15) is 11.8 Å². The van der Waals surface area contributed by atoms with E-state index in [9.17, 15) is 4.79 Å². The largest absolute Gasteiger partial charge is 0.395 e. The molecule has 3 rings (SSSR count). The third-order valence-corrected chi connectivity index (χ3v) is 3.71. The Balaban J connectivity index is 1.77. The highest BCUT2D eigenvalue weighted by Gasteiger charge is 2.27. The molecule has 112 valence electrons. The summed E-state index contributed by atoms with van der Waals surface area (Å²) >= 11 is 0. The molecule has 0 aromatic carbocycles. The summed E-state index contributed by atoms with van der Waals surface area (Å²) in [6.07, 6.45) is 4.87. The SMILES string of the molecule is O=C(NCCO)[C@H]1CCCN(c2ncnc3nc[nH]c23)C1. The molecule has 0 radical (unpaired) electrons. The van der Waals surface area contributed by atoms with Crippen molar-refractivity contribution in [2.75, 3.05) is 31.1 Å². The maximum absolute atomic E-state index is 12.0. The molecule has 0 saturated carbocycles. The Bertz CT molecular complexity index is 628. The zero-order valence-corrected chi connectivity index (χ0v) is 11.6. The van der Waals surface area contributed by atoms with Gasteiger partial charge in [-0.2, -0.15) is 0 Å². The lowest BCUT2D eigenvalue weighted by Crippen LogP contribution is -2.44. The quantitative estimate of drug-likeness (QED) is 0.712. The number of nitrogens with one attached hydrogen (secondary N) is 2. The number of hydrogen-bond donors (Lipinski definition) is 3. The van der Waals surface area contributed by atoms with Crippen molar-refractivity contribution >= 4 is 22.9 Å². The van der Waals surface area contributed by atoms with Crippen LogP contribution in [0.5, 0.6) is 0 Å². The molecule has 3 heterocycles. The minimum atomic E-state index is -0.0850. The molecule has 1 atom stereocenters. The fourth-order valence-corrected chi connectivity index (χ4v) is 2.70. The summed E-state index contributed by atoms with van der Waals surface area (Å²) in [5.74, 6) is 0.694. The Hall–Kier alpha value is -2.22. The monoisotopic (exact) mass is 290 g/mol. The fourth-order valence-electron chi connectivity index (χ4n) is 2.70. The van der Waals surface area contributed by atoms with E-state index in [-0.39, 0.29) is 18.4 Å². The van der Waals surface area contributed by atoms with Gasteiger partial charge >= 0.3 is 0 Å². The Labute approximate surface area is 121 Å². The second kappa shape index (κ2) is 6.04. The van der Waals surface area contributed by atoms with E-state index in [4.69, 9.17) is 5.11 Å². The number of rotatable bonds is 4. The normalized spacial score (nSPS) is 18.9. The fraction of sp³-hybridized carbons (Fsp3) is 0.538. The van der Waals surface area contributed by atoms with Crippen molar-refractivity contribution in [3.8, 4) is 0 Å². The summed E-state index contributed by atoms with van der Waals surface area (Å²) < 4.78 is 0. The molecule has 8 nitrogen and oxygen atoms in total. The number of carbonyl (C=O) groups excluding carboxylic acids is 1. The predicted octanol–water partition coefficient (Wildman–Crippen LogP) is -0.322. The maximum atomic E-state index is 12.0. The number of amides is 1. The summed E-state index contributed by atoms with van der Waals surface area (Å²) in [6, 6.07) is 0. The van der Waals surface area contributed by atoms with Crippen LogP contribution < -0.4 is 10.2 Å². The van der Waals surface area contributed by atoms with Crippen LogP contribution in [0, 0.1) is 5.92 Å². The lowest BCUT2D eigenvalue weighted by molar-refractivity contribution is -0.125. The molecule has 1 saturated heterocycles. The van der Waals surface area contributed by atoms with Crippen LogP contribution in [0.3, 0.4) is 0 Å². The first-order valence-corrected chi connectivity index (χ1v) is 7.07. The molecule has 0 unspecified atom stereocenters. The Morgan fingerprint density at radius 3 is 3.24 bits per heavy atom. The van der Waals surface area contributed by atoms with Crippen molar-refractivity contribution in [3.63, 3.8) is 0 Å². The van der Waals surface area contributed by atoms with Gasteiger partial charge in [-0.3, -0.25) is 4.79 Å². The van der Waals surface area contributed by atoms with Gasteiger partial charge in [-0.1, -0.05) is 0 Å². The number of aliphatic hydroxyl groups is 1. The van der Waals surface area contributed by atoms with Crippen LogP contribution in [0.25, 0.3) is 11.2 Å². The van der Waals surface area contributed by atoms with E-state index in [1.165, 1.54) is 6.33 Å². The van der Waals surface area contributed by atoms with Gasteiger partial charge in [0.25, 0.3) is 0 Å². The molecule has 0 spiro atoms. The van der Waals surface area contributed by atoms with E-state index in [0.29, 0.717) is 18.7 Å². The second-order valence-corrected chi connectivity index (χ2v) is 5.10. The molecule has 0 bridgehead atoms. The molecule has 1 amide bonds. The summed E-state index contributed by atoms with van der Waals surface area (Å²) in [5, 5.41) is 11.5. The molecule has 1 aliphatic heterocycles. The third kappa shape index (κ3) is 2.80. The smallest absolute Gasteiger partial charge is 0.224 e. The van der Waals surface area contributed by atoms with E-state index >= 15 is 0 Å². The highest BCUT2D eigenvalue weighted by Crippen LogP contribution is 2.25. The Morgan fingerprint density at radius 1 is 1.48 bits per heavy atom. The van der Waals surface area contributed by atoms with Crippen LogP contribution in [0.2, 0.25) is 0 Å². The lowest BCUT2D eigenvalue weighted by atomic mass is 9.97. The molecule has 0 aliphatic carbocycles. The maximum Gasteiger partial charge on any atom is 0.224 e. The first-order chi connectivity index (χ1) is 10.3. The number of nitrogens with zero attached hydrogens (tertiary/aromatic N) is 4. The van der Waals surface area contributed by atoms with Crippen molar-refractivity contribution in [1.29, 1.82) is 0 Å². The van der Waals surface area contributed by atoms with E-state index in [1.807, 2.05) is 0 Å². The zero-order valence-electron chi connectivity index (χ0n) is 11.6. The van der Waals surface area contributed by atoms with Crippen molar-refractivity contribution in [1.82, 2.24) is 25.3 Å². The van der Waals surface area contributed by atoms with Gasteiger partial charge < -0.3 is 20.3 Å². The number of H-pyrrole nitrogens is 1. The number of aromatic nitrogens is 4. The molecule has 8 heteroatoms. The van der Waals surface area contributed by atoms with Gasteiger partial charge in [0.05, 0.1) is 18.9 Å². The Kier molecular flexibility index (Phi) is 3.96. The topological polar surface area (TPSA) is 107 Å². The number of anilines is 1. The third-order valence-electron chi connectivity index (χ3n) is 3.71. The number of imidazole rings is 1. The summed E-state index contributed by atoms with van der Waals surface area (Å²) in [6.45, 7) is 1.73. The van der Waals surface area contributed by atoms with E-state index in [0.717, 1.165) is 30.7 Å². The van der Waals surface area contributed by atoms with Gasteiger partial charge in [0, 0.05) is 19.6 Å². The molecule has 1 aliphatic rings. The second-order valence-electron chi connectivity index (χ2n) is 5.10. The van der Waals surface area contributed by atoms with Crippen LogP contribution >= 0.6 is 0 Å². The summed E-state index contributed by atoms with van der Waals surface area (Å²) in [4.78, 5) is 29.8. The van der Waals surface area contributed by atoms with Crippen LogP contribution in [0.4, 0.5) is 5.82 Å². The average molecular weight is 290 g/mol. The van der Waals surface area contributed by atoms with Gasteiger partial charge in [-0.15, -0.1) is 0 Å². The van der Waals surface area contributed by atoms with Crippen molar-refractivity contribution in [3.05, 3.63) is 12.7 Å². The number of hydrogen-bond acceptors (Lipinski definition) is 6.